The Morgan fingerprint density at radius 1 is 1.39 bits per heavy atom. The van der Waals surface area contributed by atoms with Crippen molar-refractivity contribution in [3.8, 4) is 0 Å². The summed E-state index contributed by atoms with van der Waals surface area (Å²) >= 11 is 6.00. The summed E-state index contributed by atoms with van der Waals surface area (Å²) in [6.45, 7) is 5.48. The summed E-state index contributed by atoms with van der Waals surface area (Å²) in [5.74, 6) is -0.535. The molecule has 4 amide bonds. The van der Waals surface area contributed by atoms with Gasteiger partial charge in [0.2, 0.25) is 5.91 Å². The zero-order chi connectivity index (χ0) is 17.1. The monoisotopic (exact) mass is 337 g/mol. The Morgan fingerprint density at radius 2 is 2.09 bits per heavy atom. The fraction of sp³-hybridized carbons (Fsp3) is 0.438. The van der Waals surface area contributed by atoms with Crippen LogP contribution in [0.25, 0.3) is 0 Å². The molecule has 1 saturated heterocycles. The number of hydrogen-bond acceptors (Lipinski definition) is 3. The van der Waals surface area contributed by atoms with E-state index >= 15 is 0 Å². The molecule has 23 heavy (non-hydrogen) atoms. The molecule has 0 aliphatic carbocycles. The van der Waals surface area contributed by atoms with Crippen LogP contribution >= 0.6 is 11.6 Å². The van der Waals surface area contributed by atoms with E-state index in [0.717, 1.165) is 10.5 Å². The largest absolute Gasteiger partial charge is 0.326 e. The van der Waals surface area contributed by atoms with E-state index in [1.807, 2.05) is 20.8 Å². The van der Waals surface area contributed by atoms with Crippen molar-refractivity contribution in [3.63, 3.8) is 0 Å². The van der Waals surface area contributed by atoms with E-state index in [0.29, 0.717) is 17.1 Å². The molecular formula is C16H20ClN3O3. The third-order valence-electron chi connectivity index (χ3n) is 3.57. The molecule has 0 saturated carbocycles. The maximum Gasteiger partial charge on any atom is 0.325 e. The van der Waals surface area contributed by atoms with Crippen LogP contribution in [-0.4, -0.2) is 35.3 Å². The van der Waals surface area contributed by atoms with E-state index in [9.17, 15) is 14.4 Å². The van der Waals surface area contributed by atoms with Crippen LogP contribution in [0, 0.1) is 12.8 Å². The van der Waals surface area contributed by atoms with Crippen molar-refractivity contribution >= 4 is 35.1 Å². The highest BCUT2D eigenvalue weighted by molar-refractivity contribution is 6.31. The van der Waals surface area contributed by atoms with Gasteiger partial charge in [-0.2, -0.15) is 0 Å². The van der Waals surface area contributed by atoms with E-state index < -0.39 is 18.0 Å². The number of aryl methyl sites for hydroxylation is 1. The number of hydrogen-bond donors (Lipinski definition) is 2. The normalized spacial score (nSPS) is 17.6. The van der Waals surface area contributed by atoms with Gasteiger partial charge >= 0.3 is 6.03 Å². The number of imide groups is 1. The second-order valence-electron chi connectivity index (χ2n) is 6.07. The molecule has 0 bridgehead atoms. The Hall–Kier alpha value is -2.08. The minimum atomic E-state index is -0.552. The first-order chi connectivity index (χ1) is 10.8. The Kier molecular flexibility index (Phi) is 5.26. The van der Waals surface area contributed by atoms with Crippen LogP contribution in [0.3, 0.4) is 0 Å². The lowest BCUT2D eigenvalue weighted by molar-refractivity contribution is -0.131. The van der Waals surface area contributed by atoms with Crippen LogP contribution in [0.5, 0.6) is 0 Å². The lowest BCUT2D eigenvalue weighted by Gasteiger charge is -2.14. The third kappa shape index (κ3) is 4.22. The molecule has 0 spiro atoms. The molecule has 0 unspecified atom stereocenters. The fourth-order valence-corrected chi connectivity index (χ4v) is 2.55. The van der Waals surface area contributed by atoms with Crippen LogP contribution in [0.1, 0.15) is 25.8 Å². The first kappa shape index (κ1) is 17.3. The minimum absolute atomic E-state index is 0.271. The Balaban J connectivity index is 1.98. The average Bonchev–Trinajstić information content (AvgIpc) is 2.70. The smallest absolute Gasteiger partial charge is 0.325 e. The fourth-order valence-electron chi connectivity index (χ4n) is 2.37. The molecule has 1 aliphatic heterocycles. The lowest BCUT2D eigenvalue weighted by atomic mass is 10.0. The molecule has 2 rings (SSSR count). The van der Waals surface area contributed by atoms with Crippen molar-refractivity contribution in [2.24, 2.45) is 5.92 Å². The van der Waals surface area contributed by atoms with E-state index in [1.165, 1.54) is 0 Å². The number of nitrogens with zero attached hydrogens (tertiary/aromatic N) is 1. The zero-order valence-corrected chi connectivity index (χ0v) is 14.1. The van der Waals surface area contributed by atoms with Crippen molar-refractivity contribution < 1.29 is 14.4 Å². The predicted octanol–water partition coefficient (Wildman–Crippen LogP) is 2.55. The van der Waals surface area contributed by atoms with Gasteiger partial charge in [-0.25, -0.2) is 4.79 Å². The highest BCUT2D eigenvalue weighted by Gasteiger charge is 2.38. The van der Waals surface area contributed by atoms with Gasteiger partial charge in [0.25, 0.3) is 5.91 Å². The number of halogens is 1. The van der Waals surface area contributed by atoms with Gasteiger partial charge in [0.1, 0.15) is 12.6 Å². The van der Waals surface area contributed by atoms with Crippen molar-refractivity contribution in [2.75, 3.05) is 11.9 Å². The van der Waals surface area contributed by atoms with Gasteiger partial charge in [-0.1, -0.05) is 31.5 Å². The molecule has 0 aromatic heterocycles. The highest BCUT2D eigenvalue weighted by atomic mass is 35.5. The molecular weight excluding hydrogens is 318 g/mol. The molecule has 1 fully saturated rings. The predicted molar refractivity (Wildman–Crippen MR) is 88.3 cm³/mol. The first-order valence-electron chi connectivity index (χ1n) is 7.45. The third-order valence-corrected chi connectivity index (χ3v) is 3.98. The standard InChI is InChI=1S/C16H20ClN3O3/c1-9(2)6-13-15(22)20(16(23)19-13)8-14(21)18-11-5-4-10(3)12(17)7-11/h4-5,7,9,13H,6,8H2,1-3H3,(H,18,21)(H,19,23)/t13-/m0/s1. The molecule has 1 atom stereocenters. The number of anilines is 1. The molecule has 0 radical (unpaired) electrons. The summed E-state index contributed by atoms with van der Waals surface area (Å²) in [6, 6.07) is 4.04. The van der Waals surface area contributed by atoms with E-state index in [-0.39, 0.29) is 18.4 Å². The Bertz CT molecular complexity index is 645. The second kappa shape index (κ2) is 7.00. The molecule has 1 heterocycles. The summed E-state index contributed by atoms with van der Waals surface area (Å²) < 4.78 is 0. The number of rotatable bonds is 5. The number of urea groups is 1. The summed E-state index contributed by atoms with van der Waals surface area (Å²) in [6.07, 6.45) is 0.552. The lowest BCUT2D eigenvalue weighted by Crippen LogP contribution is -2.38. The summed E-state index contributed by atoms with van der Waals surface area (Å²) in [7, 11) is 0. The van der Waals surface area contributed by atoms with Crippen LogP contribution < -0.4 is 10.6 Å². The highest BCUT2D eigenvalue weighted by Crippen LogP contribution is 2.20. The van der Waals surface area contributed by atoms with Crippen molar-refractivity contribution in [1.82, 2.24) is 10.2 Å². The topological polar surface area (TPSA) is 78.5 Å². The summed E-state index contributed by atoms with van der Waals surface area (Å²) in [5, 5.41) is 5.78. The van der Waals surface area contributed by atoms with Crippen LogP contribution in [0.4, 0.5) is 10.5 Å². The Labute approximate surface area is 140 Å². The van der Waals surface area contributed by atoms with Gasteiger partial charge in [-0.15, -0.1) is 0 Å². The van der Waals surface area contributed by atoms with Gasteiger partial charge in [0.05, 0.1) is 0 Å². The molecule has 7 heteroatoms. The van der Waals surface area contributed by atoms with E-state index in [4.69, 9.17) is 11.6 Å². The van der Waals surface area contributed by atoms with Gasteiger partial charge in [0, 0.05) is 10.7 Å². The van der Waals surface area contributed by atoms with Crippen molar-refractivity contribution in [2.45, 2.75) is 33.2 Å². The van der Waals surface area contributed by atoms with Gasteiger partial charge in [-0.3, -0.25) is 14.5 Å². The number of carbonyl (C=O) groups excluding carboxylic acids is 3. The van der Waals surface area contributed by atoms with Crippen LogP contribution in [-0.2, 0) is 9.59 Å². The van der Waals surface area contributed by atoms with E-state index in [2.05, 4.69) is 10.6 Å². The van der Waals surface area contributed by atoms with Crippen LogP contribution in [0.15, 0.2) is 18.2 Å². The second-order valence-corrected chi connectivity index (χ2v) is 6.48. The molecule has 1 aromatic rings. The number of nitrogens with one attached hydrogen (secondary N) is 2. The van der Waals surface area contributed by atoms with E-state index in [1.54, 1.807) is 18.2 Å². The van der Waals surface area contributed by atoms with Crippen molar-refractivity contribution in [1.29, 1.82) is 0 Å². The summed E-state index contributed by atoms with van der Waals surface area (Å²) in [4.78, 5) is 37.0. The molecule has 6 nitrogen and oxygen atoms in total. The number of amides is 4. The van der Waals surface area contributed by atoms with Gasteiger partial charge < -0.3 is 10.6 Å². The average molecular weight is 338 g/mol. The maximum absolute atomic E-state index is 12.2. The quantitative estimate of drug-likeness (QED) is 0.810. The Morgan fingerprint density at radius 3 is 2.70 bits per heavy atom. The van der Waals surface area contributed by atoms with Crippen LogP contribution in [0.2, 0.25) is 5.02 Å². The molecule has 1 aliphatic rings. The number of benzene rings is 1. The zero-order valence-electron chi connectivity index (χ0n) is 13.4. The SMILES string of the molecule is Cc1ccc(NC(=O)CN2C(=O)N[C@@H](CC(C)C)C2=O)cc1Cl. The first-order valence-corrected chi connectivity index (χ1v) is 7.83. The minimum Gasteiger partial charge on any atom is -0.326 e. The molecule has 1 aromatic carbocycles. The molecule has 124 valence electrons. The number of carbonyl (C=O) groups is 3. The van der Waals surface area contributed by atoms with Crippen molar-refractivity contribution in [3.05, 3.63) is 28.8 Å². The molecule has 2 N–H and O–H groups in total. The maximum atomic E-state index is 12.2. The van der Waals surface area contributed by atoms with Gasteiger partial charge in [0.15, 0.2) is 0 Å². The van der Waals surface area contributed by atoms with Gasteiger partial charge in [-0.05, 0) is 37.0 Å². The summed E-state index contributed by atoms with van der Waals surface area (Å²) in [5.41, 5.74) is 1.42.